The third kappa shape index (κ3) is 1.85. The number of alkyl halides is 3. The van der Waals surface area contributed by atoms with Crippen molar-refractivity contribution in [3.05, 3.63) is 23.6 Å². The van der Waals surface area contributed by atoms with Crippen LogP contribution in [0.1, 0.15) is 0 Å². The summed E-state index contributed by atoms with van der Waals surface area (Å²) < 4.78 is 38.3. The Morgan fingerprint density at radius 1 is 1.69 bits per heavy atom. The molecule has 72 valence electrons. The molecule has 2 N–H and O–H groups in total. The topological polar surface area (TPSA) is 43.1 Å². The van der Waals surface area contributed by atoms with E-state index in [9.17, 15) is 18.0 Å². The lowest BCUT2D eigenvalue weighted by Gasteiger charge is -2.19. The Kier molecular flexibility index (Phi) is 2.38. The van der Waals surface area contributed by atoms with Crippen molar-refractivity contribution in [2.45, 2.75) is 11.3 Å². The predicted octanol–water partition coefficient (Wildman–Crippen LogP) is 1.51. The van der Waals surface area contributed by atoms with Crippen molar-refractivity contribution in [2.24, 2.45) is 5.73 Å². The van der Waals surface area contributed by atoms with E-state index >= 15 is 0 Å². The molecule has 0 spiro atoms. The first-order chi connectivity index (χ1) is 5.84. The molecule has 0 saturated heterocycles. The van der Waals surface area contributed by atoms with Crippen LogP contribution < -0.4 is 5.73 Å². The SMILES string of the molecule is NC(=O)C1=CC(F)(Cl)C(F)=CC1F. The summed E-state index contributed by atoms with van der Waals surface area (Å²) in [6.07, 6.45) is -1.44. The summed E-state index contributed by atoms with van der Waals surface area (Å²) in [6, 6.07) is 0. The number of hydrogen-bond donors (Lipinski definition) is 1. The van der Waals surface area contributed by atoms with Crippen LogP contribution in [0.4, 0.5) is 13.2 Å². The summed E-state index contributed by atoms with van der Waals surface area (Å²) in [4.78, 5) is 10.5. The van der Waals surface area contributed by atoms with Gasteiger partial charge in [-0.25, -0.2) is 13.2 Å². The van der Waals surface area contributed by atoms with Gasteiger partial charge in [-0.05, 0) is 12.2 Å². The van der Waals surface area contributed by atoms with Crippen LogP contribution in [-0.4, -0.2) is 17.2 Å². The number of allylic oxidation sites excluding steroid dienone is 3. The monoisotopic (exact) mass is 211 g/mol. The van der Waals surface area contributed by atoms with Crippen LogP contribution in [0.2, 0.25) is 0 Å². The quantitative estimate of drug-likeness (QED) is 0.657. The lowest BCUT2D eigenvalue weighted by molar-refractivity contribution is -0.115. The molecule has 6 heteroatoms. The van der Waals surface area contributed by atoms with Crippen molar-refractivity contribution in [3.63, 3.8) is 0 Å². The van der Waals surface area contributed by atoms with Gasteiger partial charge in [0.25, 0.3) is 5.13 Å². The Labute approximate surface area is 76.8 Å². The fraction of sp³-hybridized carbons (Fsp3) is 0.286. The van der Waals surface area contributed by atoms with Crippen molar-refractivity contribution < 1.29 is 18.0 Å². The second-order valence-corrected chi connectivity index (χ2v) is 3.05. The molecular formula is C7H5ClF3NO. The van der Waals surface area contributed by atoms with Gasteiger partial charge in [-0.15, -0.1) is 0 Å². The molecule has 0 aliphatic heterocycles. The molecular weight excluding hydrogens is 207 g/mol. The van der Waals surface area contributed by atoms with Gasteiger partial charge in [0, 0.05) is 0 Å². The minimum absolute atomic E-state index is 0.271. The van der Waals surface area contributed by atoms with E-state index in [0.29, 0.717) is 6.08 Å². The molecule has 0 aromatic carbocycles. The van der Waals surface area contributed by atoms with Crippen LogP contribution in [0.25, 0.3) is 0 Å². The van der Waals surface area contributed by atoms with Crippen molar-refractivity contribution in [1.29, 1.82) is 0 Å². The molecule has 0 bridgehead atoms. The van der Waals surface area contributed by atoms with Crippen molar-refractivity contribution in [2.75, 3.05) is 0 Å². The van der Waals surface area contributed by atoms with E-state index in [1.165, 1.54) is 0 Å². The van der Waals surface area contributed by atoms with E-state index in [1.807, 2.05) is 0 Å². The average molecular weight is 212 g/mol. The summed E-state index contributed by atoms with van der Waals surface area (Å²) >= 11 is 4.97. The third-order valence-electron chi connectivity index (χ3n) is 1.53. The Bertz CT molecular complexity index is 311. The molecule has 1 amide bonds. The van der Waals surface area contributed by atoms with E-state index in [4.69, 9.17) is 17.3 Å². The number of nitrogens with two attached hydrogens (primary N) is 1. The zero-order valence-electron chi connectivity index (χ0n) is 6.23. The molecule has 0 saturated carbocycles. The Morgan fingerprint density at radius 2 is 2.23 bits per heavy atom. The molecule has 2 nitrogen and oxygen atoms in total. The molecule has 0 radical (unpaired) electrons. The Hall–Kier alpha value is -0.970. The first-order valence-electron chi connectivity index (χ1n) is 3.27. The van der Waals surface area contributed by atoms with Crippen molar-refractivity contribution in [3.8, 4) is 0 Å². The van der Waals surface area contributed by atoms with Gasteiger partial charge in [0.1, 0.15) is 0 Å². The maximum atomic E-state index is 12.9. The lowest BCUT2D eigenvalue weighted by Crippen LogP contribution is -2.28. The molecule has 0 heterocycles. The van der Waals surface area contributed by atoms with Crippen LogP contribution in [0, 0.1) is 0 Å². The zero-order chi connectivity index (χ0) is 10.2. The predicted molar refractivity (Wildman–Crippen MR) is 41.1 cm³/mol. The number of amides is 1. The Balaban J connectivity index is 3.09. The highest BCUT2D eigenvalue weighted by Crippen LogP contribution is 2.36. The molecule has 0 aromatic heterocycles. The first kappa shape index (κ1) is 10.1. The normalized spacial score (nSPS) is 33.7. The van der Waals surface area contributed by atoms with Gasteiger partial charge >= 0.3 is 0 Å². The van der Waals surface area contributed by atoms with Crippen LogP contribution in [0.5, 0.6) is 0 Å². The van der Waals surface area contributed by atoms with Crippen LogP contribution in [0.3, 0.4) is 0 Å². The van der Waals surface area contributed by atoms with Gasteiger partial charge in [0.2, 0.25) is 5.91 Å². The second-order valence-electron chi connectivity index (χ2n) is 2.50. The standard InChI is InChI=1S/C7H5ClF3NO/c8-7(11)2-3(6(12)13)4(9)1-5(7)10/h1-2,4H,(H2,12,13). The van der Waals surface area contributed by atoms with Crippen molar-refractivity contribution in [1.82, 2.24) is 0 Å². The van der Waals surface area contributed by atoms with Gasteiger partial charge in [0.15, 0.2) is 12.0 Å². The summed E-state index contributed by atoms with van der Waals surface area (Å²) in [7, 11) is 0. The fourth-order valence-corrected chi connectivity index (χ4v) is 1.06. The van der Waals surface area contributed by atoms with Crippen LogP contribution >= 0.6 is 11.6 Å². The highest BCUT2D eigenvalue weighted by Gasteiger charge is 2.38. The maximum absolute atomic E-state index is 12.9. The average Bonchev–Trinajstić information content (AvgIpc) is 1.97. The van der Waals surface area contributed by atoms with Crippen molar-refractivity contribution >= 4 is 17.5 Å². The Morgan fingerprint density at radius 3 is 2.69 bits per heavy atom. The molecule has 13 heavy (non-hydrogen) atoms. The molecule has 0 fully saturated rings. The van der Waals surface area contributed by atoms with Gasteiger partial charge in [-0.2, -0.15) is 0 Å². The number of primary amides is 1. The maximum Gasteiger partial charge on any atom is 0.253 e. The van der Waals surface area contributed by atoms with E-state index < -0.39 is 28.6 Å². The van der Waals surface area contributed by atoms with Crippen LogP contribution in [-0.2, 0) is 4.79 Å². The molecule has 1 aliphatic carbocycles. The largest absolute Gasteiger partial charge is 0.366 e. The smallest absolute Gasteiger partial charge is 0.253 e. The second kappa shape index (κ2) is 3.06. The third-order valence-corrected chi connectivity index (χ3v) is 1.82. The number of carbonyl (C=O) groups is 1. The van der Waals surface area contributed by atoms with Gasteiger partial charge in [0.05, 0.1) is 5.57 Å². The minimum Gasteiger partial charge on any atom is -0.366 e. The summed E-state index contributed by atoms with van der Waals surface area (Å²) in [5, 5.41) is -2.97. The molecule has 1 aliphatic rings. The fourth-order valence-electron chi connectivity index (χ4n) is 0.880. The molecule has 0 aromatic rings. The molecule has 2 unspecified atom stereocenters. The minimum atomic E-state index is -2.97. The van der Waals surface area contributed by atoms with E-state index in [-0.39, 0.29) is 6.08 Å². The summed E-state index contributed by atoms with van der Waals surface area (Å²) in [5.74, 6) is -2.65. The summed E-state index contributed by atoms with van der Waals surface area (Å²) in [5.41, 5.74) is 4.02. The molecule has 1 rings (SSSR count). The number of hydrogen-bond acceptors (Lipinski definition) is 1. The van der Waals surface area contributed by atoms with E-state index in [0.717, 1.165) is 0 Å². The molecule has 2 atom stereocenters. The number of rotatable bonds is 1. The first-order valence-corrected chi connectivity index (χ1v) is 3.64. The van der Waals surface area contributed by atoms with Gasteiger partial charge in [-0.3, -0.25) is 4.79 Å². The number of carbonyl (C=O) groups excluding carboxylic acids is 1. The van der Waals surface area contributed by atoms with Gasteiger partial charge in [-0.1, -0.05) is 11.6 Å². The highest BCUT2D eigenvalue weighted by atomic mass is 35.5. The zero-order valence-corrected chi connectivity index (χ0v) is 6.99. The highest BCUT2D eigenvalue weighted by molar-refractivity contribution is 6.26. The van der Waals surface area contributed by atoms with Crippen LogP contribution in [0.15, 0.2) is 23.6 Å². The van der Waals surface area contributed by atoms with E-state index in [1.54, 1.807) is 0 Å². The summed E-state index contributed by atoms with van der Waals surface area (Å²) in [6.45, 7) is 0. The van der Waals surface area contributed by atoms with Gasteiger partial charge < -0.3 is 5.73 Å². The number of halogens is 4. The lowest BCUT2D eigenvalue weighted by atomic mass is 10.0. The van der Waals surface area contributed by atoms with E-state index in [2.05, 4.69) is 0 Å².